The molecular weight excluding hydrogens is 242 g/mol. The lowest BCUT2D eigenvalue weighted by Crippen LogP contribution is -1.93. The molecule has 0 unspecified atom stereocenters. The van der Waals surface area contributed by atoms with Gasteiger partial charge in [-0.1, -0.05) is 34.1 Å². The minimum Gasteiger partial charge on any atom is -0.481 e. The van der Waals surface area contributed by atoms with Crippen LogP contribution in [-0.4, -0.2) is 12.1 Å². The van der Waals surface area contributed by atoms with E-state index in [0.717, 1.165) is 21.8 Å². The molecule has 2 rings (SSSR count). The Labute approximate surface area is 91.0 Å². The summed E-state index contributed by atoms with van der Waals surface area (Å²) < 4.78 is 5.20. The van der Waals surface area contributed by atoms with Crippen LogP contribution in [0.1, 0.15) is 5.56 Å². The Hall–Kier alpha value is -1.09. The Morgan fingerprint density at radius 2 is 2.14 bits per heavy atom. The molecule has 0 amide bonds. The number of ether oxygens (including phenoxy) is 1. The Morgan fingerprint density at radius 3 is 2.86 bits per heavy atom. The highest BCUT2D eigenvalue weighted by Crippen LogP contribution is 2.23. The quantitative estimate of drug-likeness (QED) is 0.766. The Kier molecular flexibility index (Phi) is 2.68. The van der Waals surface area contributed by atoms with Crippen LogP contribution in [0.4, 0.5) is 0 Å². The first-order valence-corrected chi connectivity index (χ1v) is 5.46. The van der Waals surface area contributed by atoms with Gasteiger partial charge in [0.1, 0.15) is 0 Å². The fourth-order valence-corrected chi connectivity index (χ4v) is 1.82. The topological polar surface area (TPSA) is 22.1 Å². The van der Waals surface area contributed by atoms with Crippen LogP contribution in [0.5, 0.6) is 5.88 Å². The van der Waals surface area contributed by atoms with E-state index < -0.39 is 0 Å². The summed E-state index contributed by atoms with van der Waals surface area (Å²) in [5.41, 5.74) is 2.04. The number of alkyl halides is 1. The summed E-state index contributed by atoms with van der Waals surface area (Å²) in [6, 6.07) is 10.1. The molecule has 72 valence electrons. The Balaban J connectivity index is 2.69. The predicted octanol–water partition coefficient (Wildman–Crippen LogP) is 3.14. The van der Waals surface area contributed by atoms with Crippen molar-refractivity contribution in [1.29, 1.82) is 0 Å². The van der Waals surface area contributed by atoms with Gasteiger partial charge in [-0.2, -0.15) is 0 Å². The number of para-hydroxylation sites is 1. The van der Waals surface area contributed by atoms with E-state index in [9.17, 15) is 0 Å². The third kappa shape index (κ3) is 1.60. The van der Waals surface area contributed by atoms with Gasteiger partial charge in [-0.3, -0.25) is 0 Å². The van der Waals surface area contributed by atoms with E-state index in [1.807, 2.05) is 24.3 Å². The van der Waals surface area contributed by atoms with Crippen molar-refractivity contribution in [2.75, 3.05) is 7.11 Å². The van der Waals surface area contributed by atoms with Gasteiger partial charge >= 0.3 is 0 Å². The van der Waals surface area contributed by atoms with Gasteiger partial charge in [-0.25, -0.2) is 4.98 Å². The number of benzene rings is 1. The second-order valence-electron chi connectivity index (χ2n) is 2.98. The van der Waals surface area contributed by atoms with Gasteiger partial charge in [-0.05, 0) is 12.1 Å². The highest BCUT2D eigenvalue weighted by atomic mass is 79.9. The fraction of sp³-hybridized carbons (Fsp3) is 0.182. The normalized spacial score (nSPS) is 10.4. The maximum absolute atomic E-state index is 5.20. The molecule has 2 nitrogen and oxygen atoms in total. The molecule has 0 N–H and O–H groups in total. The van der Waals surface area contributed by atoms with Crippen molar-refractivity contribution in [2.45, 2.75) is 5.33 Å². The Bertz CT molecular complexity index is 413. The maximum atomic E-state index is 5.20. The fourth-order valence-electron chi connectivity index (χ4n) is 1.41. The molecule has 0 fully saturated rings. The highest BCUT2D eigenvalue weighted by molar-refractivity contribution is 9.08. The summed E-state index contributed by atoms with van der Waals surface area (Å²) in [7, 11) is 1.64. The molecule has 0 bridgehead atoms. The molecule has 0 saturated heterocycles. The molecule has 0 saturated carbocycles. The van der Waals surface area contributed by atoms with Gasteiger partial charge in [0.2, 0.25) is 5.88 Å². The average Bonchev–Trinajstić information content (AvgIpc) is 2.27. The maximum Gasteiger partial charge on any atom is 0.217 e. The number of nitrogens with zero attached hydrogens (tertiary/aromatic N) is 1. The molecular formula is C11H10BrNO. The molecule has 0 aliphatic carbocycles. The summed E-state index contributed by atoms with van der Waals surface area (Å²) in [4.78, 5) is 4.41. The first-order chi connectivity index (χ1) is 6.85. The minimum atomic E-state index is 0.695. The molecule has 1 heterocycles. The van der Waals surface area contributed by atoms with E-state index in [1.165, 1.54) is 0 Å². The van der Waals surface area contributed by atoms with Crippen molar-refractivity contribution in [2.24, 2.45) is 0 Å². The van der Waals surface area contributed by atoms with Crippen molar-refractivity contribution in [1.82, 2.24) is 4.98 Å². The third-order valence-corrected chi connectivity index (χ3v) is 2.70. The van der Waals surface area contributed by atoms with Gasteiger partial charge in [0.25, 0.3) is 0 Å². The lowest BCUT2D eigenvalue weighted by molar-refractivity contribution is 0.396. The highest BCUT2D eigenvalue weighted by Gasteiger charge is 2.04. The summed E-state index contributed by atoms with van der Waals surface area (Å²) >= 11 is 3.41. The molecule has 14 heavy (non-hydrogen) atoms. The Morgan fingerprint density at radius 1 is 1.36 bits per heavy atom. The summed E-state index contributed by atoms with van der Waals surface area (Å²) in [5, 5.41) is 1.90. The van der Waals surface area contributed by atoms with E-state index >= 15 is 0 Å². The SMILES string of the molecule is COc1nc2ccccc2cc1CBr. The number of halogens is 1. The zero-order valence-corrected chi connectivity index (χ0v) is 9.41. The number of hydrogen-bond donors (Lipinski definition) is 0. The van der Waals surface area contributed by atoms with E-state index in [1.54, 1.807) is 7.11 Å². The standard InChI is InChI=1S/C11H10BrNO/c1-14-11-9(7-12)6-8-4-2-3-5-10(8)13-11/h2-6H,7H2,1H3. The first kappa shape index (κ1) is 9.46. The van der Waals surface area contributed by atoms with Crippen LogP contribution in [0.25, 0.3) is 10.9 Å². The van der Waals surface area contributed by atoms with Gasteiger partial charge in [0.15, 0.2) is 0 Å². The number of pyridine rings is 1. The van der Waals surface area contributed by atoms with Crippen LogP contribution in [0.15, 0.2) is 30.3 Å². The molecule has 0 aliphatic heterocycles. The smallest absolute Gasteiger partial charge is 0.217 e. The summed E-state index contributed by atoms with van der Waals surface area (Å²) in [5.74, 6) is 0.695. The second kappa shape index (κ2) is 3.96. The van der Waals surface area contributed by atoms with Crippen molar-refractivity contribution in [3.8, 4) is 5.88 Å². The molecule has 3 heteroatoms. The summed E-state index contributed by atoms with van der Waals surface area (Å²) in [6.45, 7) is 0. The number of rotatable bonds is 2. The lowest BCUT2D eigenvalue weighted by Gasteiger charge is -2.06. The molecule has 1 aromatic heterocycles. The van der Waals surface area contributed by atoms with E-state index in [4.69, 9.17) is 4.74 Å². The van der Waals surface area contributed by atoms with Crippen LogP contribution in [0, 0.1) is 0 Å². The number of aromatic nitrogens is 1. The number of hydrogen-bond acceptors (Lipinski definition) is 2. The average molecular weight is 252 g/mol. The van der Waals surface area contributed by atoms with Crippen molar-refractivity contribution in [3.05, 3.63) is 35.9 Å². The molecule has 0 spiro atoms. The van der Waals surface area contributed by atoms with Crippen LogP contribution < -0.4 is 4.74 Å². The van der Waals surface area contributed by atoms with Crippen molar-refractivity contribution >= 4 is 26.8 Å². The summed E-state index contributed by atoms with van der Waals surface area (Å²) in [6.07, 6.45) is 0. The minimum absolute atomic E-state index is 0.695. The van der Waals surface area contributed by atoms with Crippen LogP contribution >= 0.6 is 15.9 Å². The zero-order valence-electron chi connectivity index (χ0n) is 7.83. The van der Waals surface area contributed by atoms with E-state index in [-0.39, 0.29) is 0 Å². The molecule has 0 atom stereocenters. The van der Waals surface area contributed by atoms with E-state index in [2.05, 4.69) is 27.0 Å². The number of fused-ring (bicyclic) bond motifs is 1. The molecule has 1 aromatic carbocycles. The van der Waals surface area contributed by atoms with Crippen LogP contribution in [0.2, 0.25) is 0 Å². The third-order valence-electron chi connectivity index (χ3n) is 2.10. The van der Waals surface area contributed by atoms with Crippen LogP contribution in [0.3, 0.4) is 0 Å². The molecule has 2 aromatic rings. The molecule has 0 radical (unpaired) electrons. The molecule has 0 aliphatic rings. The first-order valence-electron chi connectivity index (χ1n) is 4.34. The van der Waals surface area contributed by atoms with Crippen molar-refractivity contribution < 1.29 is 4.74 Å². The van der Waals surface area contributed by atoms with Crippen molar-refractivity contribution in [3.63, 3.8) is 0 Å². The van der Waals surface area contributed by atoms with E-state index in [0.29, 0.717) is 5.88 Å². The van der Waals surface area contributed by atoms with Gasteiger partial charge in [0.05, 0.1) is 12.6 Å². The van der Waals surface area contributed by atoms with Crippen LogP contribution in [-0.2, 0) is 5.33 Å². The zero-order chi connectivity index (χ0) is 9.97. The van der Waals surface area contributed by atoms with Gasteiger partial charge in [0, 0.05) is 16.3 Å². The largest absolute Gasteiger partial charge is 0.481 e. The second-order valence-corrected chi connectivity index (χ2v) is 3.54. The van der Waals surface area contributed by atoms with Gasteiger partial charge in [-0.15, -0.1) is 0 Å². The lowest BCUT2D eigenvalue weighted by atomic mass is 10.2. The predicted molar refractivity (Wildman–Crippen MR) is 60.9 cm³/mol. The van der Waals surface area contributed by atoms with Gasteiger partial charge < -0.3 is 4.74 Å². The monoisotopic (exact) mass is 251 g/mol. The number of methoxy groups -OCH3 is 1.